The standard InChI is InChI=1S/C26H29N3O3/c1-18-20(11-8-12-22(18)19-9-4-3-5-10-19)15-25(30)23-16-21(28(2)27-23)17-29-14-7-6-13-24(29)26(31)32/h3-5,8-12,16,24H,6-7,13-15,17H2,1-2H3,(H,31,32)/t24-/m0/s1. The van der Waals surface area contributed by atoms with Crippen LogP contribution in [0.4, 0.5) is 0 Å². The van der Waals surface area contributed by atoms with Crippen LogP contribution in [0.3, 0.4) is 0 Å². The van der Waals surface area contributed by atoms with Gasteiger partial charge < -0.3 is 5.11 Å². The van der Waals surface area contributed by atoms with E-state index >= 15 is 0 Å². The average Bonchev–Trinajstić information content (AvgIpc) is 3.16. The number of benzene rings is 2. The topological polar surface area (TPSA) is 75.4 Å². The van der Waals surface area contributed by atoms with Gasteiger partial charge in [-0.15, -0.1) is 0 Å². The van der Waals surface area contributed by atoms with Crippen molar-refractivity contribution in [3.63, 3.8) is 0 Å². The Labute approximate surface area is 188 Å². The SMILES string of the molecule is Cc1c(CC(=O)c2cc(CN3CCCC[C@H]3C(=O)O)n(C)n2)cccc1-c1ccccc1. The Hall–Kier alpha value is -3.25. The van der Waals surface area contributed by atoms with Crippen molar-refractivity contribution in [1.29, 1.82) is 0 Å². The number of carbonyl (C=O) groups excluding carboxylic acids is 1. The second kappa shape index (κ2) is 9.49. The van der Waals surface area contributed by atoms with Crippen LogP contribution in [-0.2, 0) is 24.8 Å². The number of hydrogen-bond donors (Lipinski definition) is 1. The molecule has 0 aliphatic carbocycles. The number of piperidine rings is 1. The molecule has 6 heteroatoms. The highest BCUT2D eigenvalue weighted by atomic mass is 16.4. The number of aromatic nitrogens is 2. The van der Waals surface area contributed by atoms with Crippen molar-refractivity contribution < 1.29 is 14.7 Å². The molecule has 4 rings (SSSR count). The summed E-state index contributed by atoms with van der Waals surface area (Å²) in [7, 11) is 1.81. The van der Waals surface area contributed by atoms with Gasteiger partial charge in [-0.2, -0.15) is 5.10 Å². The number of nitrogens with zero attached hydrogens (tertiary/aromatic N) is 3. The third-order valence-corrected chi connectivity index (χ3v) is 6.41. The number of hydrogen-bond acceptors (Lipinski definition) is 4. The van der Waals surface area contributed by atoms with Crippen LogP contribution in [0, 0.1) is 6.92 Å². The van der Waals surface area contributed by atoms with E-state index in [0.29, 0.717) is 18.7 Å². The number of aliphatic carboxylic acids is 1. The highest BCUT2D eigenvalue weighted by molar-refractivity contribution is 5.96. The normalized spacial score (nSPS) is 16.8. The highest BCUT2D eigenvalue weighted by Gasteiger charge is 2.29. The number of likely N-dealkylation sites (tertiary alicyclic amines) is 1. The zero-order chi connectivity index (χ0) is 22.7. The van der Waals surface area contributed by atoms with E-state index in [9.17, 15) is 14.7 Å². The molecule has 0 bridgehead atoms. The van der Waals surface area contributed by atoms with E-state index in [1.54, 1.807) is 4.68 Å². The third kappa shape index (κ3) is 4.65. The minimum absolute atomic E-state index is 0.0337. The summed E-state index contributed by atoms with van der Waals surface area (Å²) in [5.41, 5.74) is 5.63. The van der Waals surface area contributed by atoms with Crippen molar-refractivity contribution in [3.8, 4) is 11.1 Å². The molecule has 1 aliphatic rings. The molecule has 166 valence electrons. The monoisotopic (exact) mass is 431 g/mol. The van der Waals surface area contributed by atoms with Crippen LogP contribution in [0.5, 0.6) is 0 Å². The molecule has 1 N–H and O–H groups in total. The molecule has 3 aromatic rings. The molecule has 1 aromatic heterocycles. The van der Waals surface area contributed by atoms with E-state index in [1.807, 2.05) is 48.3 Å². The van der Waals surface area contributed by atoms with Crippen molar-refractivity contribution in [2.24, 2.45) is 7.05 Å². The lowest BCUT2D eigenvalue weighted by Gasteiger charge is -2.32. The smallest absolute Gasteiger partial charge is 0.320 e. The van der Waals surface area contributed by atoms with E-state index in [2.05, 4.69) is 30.2 Å². The predicted octanol–water partition coefficient (Wildman–Crippen LogP) is 4.26. The first-order valence-corrected chi connectivity index (χ1v) is 11.1. The Morgan fingerprint density at radius 3 is 2.62 bits per heavy atom. The molecule has 2 heterocycles. The summed E-state index contributed by atoms with van der Waals surface area (Å²) < 4.78 is 1.70. The van der Waals surface area contributed by atoms with Gasteiger partial charge in [0.15, 0.2) is 5.78 Å². The second-order valence-electron chi connectivity index (χ2n) is 8.52. The zero-order valence-electron chi connectivity index (χ0n) is 18.6. The zero-order valence-corrected chi connectivity index (χ0v) is 18.6. The van der Waals surface area contributed by atoms with Gasteiger partial charge in [0.05, 0.1) is 5.69 Å². The summed E-state index contributed by atoms with van der Waals surface area (Å²) in [4.78, 5) is 26.6. The largest absolute Gasteiger partial charge is 0.480 e. The van der Waals surface area contributed by atoms with Gasteiger partial charge in [-0.1, -0.05) is 55.0 Å². The summed E-state index contributed by atoms with van der Waals surface area (Å²) in [6.07, 6.45) is 2.87. The van der Waals surface area contributed by atoms with Gasteiger partial charge in [0.2, 0.25) is 0 Å². The number of carbonyl (C=O) groups is 2. The van der Waals surface area contributed by atoms with E-state index in [1.165, 1.54) is 0 Å². The van der Waals surface area contributed by atoms with Gasteiger partial charge in [-0.05, 0) is 54.6 Å². The predicted molar refractivity (Wildman–Crippen MR) is 124 cm³/mol. The Morgan fingerprint density at radius 2 is 1.88 bits per heavy atom. The third-order valence-electron chi connectivity index (χ3n) is 6.41. The van der Waals surface area contributed by atoms with E-state index < -0.39 is 12.0 Å². The highest BCUT2D eigenvalue weighted by Crippen LogP contribution is 2.26. The van der Waals surface area contributed by atoms with E-state index in [4.69, 9.17) is 0 Å². The maximum Gasteiger partial charge on any atom is 0.320 e. The van der Waals surface area contributed by atoms with Crippen molar-refractivity contribution in [2.45, 2.75) is 45.2 Å². The van der Waals surface area contributed by atoms with E-state index in [-0.39, 0.29) is 12.2 Å². The molecule has 1 aliphatic heterocycles. The number of carboxylic acid groups (broad SMARTS) is 1. The molecule has 1 atom stereocenters. The van der Waals surface area contributed by atoms with Gasteiger partial charge in [0, 0.05) is 20.0 Å². The molecule has 0 saturated carbocycles. The van der Waals surface area contributed by atoms with Crippen LogP contribution in [0.25, 0.3) is 11.1 Å². The molecule has 6 nitrogen and oxygen atoms in total. The van der Waals surface area contributed by atoms with Gasteiger partial charge in [0.25, 0.3) is 0 Å². The minimum Gasteiger partial charge on any atom is -0.480 e. The Bertz CT molecular complexity index is 1120. The van der Waals surface area contributed by atoms with Crippen molar-refractivity contribution in [3.05, 3.63) is 77.1 Å². The van der Waals surface area contributed by atoms with Gasteiger partial charge in [-0.25, -0.2) is 0 Å². The van der Waals surface area contributed by atoms with Crippen molar-refractivity contribution >= 4 is 11.8 Å². The maximum absolute atomic E-state index is 13.1. The molecule has 1 fully saturated rings. The molecular formula is C26H29N3O3. The second-order valence-corrected chi connectivity index (χ2v) is 8.52. The number of rotatable bonds is 7. The summed E-state index contributed by atoms with van der Waals surface area (Å²) >= 11 is 0. The minimum atomic E-state index is -0.781. The van der Waals surface area contributed by atoms with Crippen molar-refractivity contribution in [1.82, 2.24) is 14.7 Å². The van der Waals surface area contributed by atoms with Crippen LogP contribution >= 0.6 is 0 Å². The van der Waals surface area contributed by atoms with Crippen molar-refractivity contribution in [2.75, 3.05) is 6.54 Å². The average molecular weight is 432 g/mol. The number of carboxylic acids is 1. The quantitative estimate of drug-likeness (QED) is 0.566. The Morgan fingerprint density at radius 1 is 1.09 bits per heavy atom. The maximum atomic E-state index is 13.1. The molecular weight excluding hydrogens is 402 g/mol. The summed E-state index contributed by atoms with van der Waals surface area (Å²) in [5.74, 6) is -0.814. The molecule has 0 amide bonds. The lowest BCUT2D eigenvalue weighted by Crippen LogP contribution is -2.44. The summed E-state index contributed by atoms with van der Waals surface area (Å²) in [6, 6.07) is 17.6. The Kier molecular flexibility index (Phi) is 6.51. The van der Waals surface area contributed by atoms with Crippen LogP contribution < -0.4 is 0 Å². The number of aryl methyl sites for hydroxylation is 1. The first-order valence-electron chi connectivity index (χ1n) is 11.1. The summed E-state index contributed by atoms with van der Waals surface area (Å²) in [5, 5.41) is 14.0. The molecule has 32 heavy (non-hydrogen) atoms. The van der Waals surface area contributed by atoms with Gasteiger partial charge in [0.1, 0.15) is 11.7 Å². The summed E-state index contributed by atoms with van der Waals surface area (Å²) in [6.45, 7) is 3.28. The molecule has 2 aromatic carbocycles. The number of Topliss-reactive ketones (excluding diaryl/α,β-unsaturated/α-hetero) is 1. The molecule has 1 saturated heterocycles. The van der Waals surface area contributed by atoms with Crippen LogP contribution in [-0.4, -0.2) is 44.1 Å². The molecule has 0 spiro atoms. The fourth-order valence-electron chi connectivity index (χ4n) is 4.53. The first-order chi connectivity index (χ1) is 15.4. The van der Waals surface area contributed by atoms with Gasteiger partial charge >= 0.3 is 5.97 Å². The van der Waals surface area contributed by atoms with Crippen LogP contribution in [0.15, 0.2) is 54.6 Å². The lowest BCUT2D eigenvalue weighted by molar-refractivity contribution is -0.144. The van der Waals surface area contributed by atoms with Crippen LogP contribution in [0.2, 0.25) is 0 Å². The lowest BCUT2D eigenvalue weighted by atomic mass is 9.93. The number of ketones is 1. The molecule has 0 radical (unpaired) electrons. The molecule has 0 unspecified atom stereocenters. The Balaban J connectivity index is 1.51. The van der Waals surface area contributed by atoms with Gasteiger partial charge in [-0.3, -0.25) is 19.2 Å². The van der Waals surface area contributed by atoms with E-state index in [0.717, 1.165) is 47.3 Å². The van der Waals surface area contributed by atoms with Crippen LogP contribution in [0.1, 0.15) is 46.6 Å². The fourth-order valence-corrected chi connectivity index (χ4v) is 4.53. The first kappa shape index (κ1) is 22.0. The fraction of sp³-hybridized carbons (Fsp3) is 0.346.